The Labute approximate surface area is 133 Å². The van der Waals surface area contributed by atoms with Crippen LogP contribution < -0.4 is 5.32 Å². The molecule has 1 unspecified atom stereocenters. The summed E-state index contributed by atoms with van der Waals surface area (Å²) in [4.78, 5) is 0. The Balaban J connectivity index is 1.76. The molecule has 0 aromatic heterocycles. The lowest BCUT2D eigenvalue weighted by molar-refractivity contribution is 0.182. The first-order valence-electron chi connectivity index (χ1n) is 10.1. The van der Waals surface area contributed by atoms with Crippen molar-refractivity contribution < 1.29 is 0 Å². The van der Waals surface area contributed by atoms with Gasteiger partial charge in [-0.05, 0) is 43.6 Å². The maximum absolute atomic E-state index is 3.86. The fourth-order valence-electron chi connectivity index (χ4n) is 4.86. The Morgan fingerprint density at radius 1 is 0.857 bits per heavy atom. The molecule has 2 aliphatic carbocycles. The van der Waals surface area contributed by atoms with Crippen molar-refractivity contribution in [1.29, 1.82) is 0 Å². The summed E-state index contributed by atoms with van der Waals surface area (Å²) in [5.41, 5.74) is 0. The fourth-order valence-corrected chi connectivity index (χ4v) is 4.86. The first-order chi connectivity index (χ1) is 10.3. The Bertz CT molecular complexity index is 249. The highest BCUT2D eigenvalue weighted by molar-refractivity contribution is 4.84. The van der Waals surface area contributed by atoms with Gasteiger partial charge in [0.05, 0.1) is 0 Å². The van der Waals surface area contributed by atoms with Crippen molar-refractivity contribution in [1.82, 2.24) is 5.32 Å². The van der Waals surface area contributed by atoms with Gasteiger partial charge in [0.15, 0.2) is 0 Å². The fraction of sp³-hybridized carbons (Fsp3) is 1.00. The van der Waals surface area contributed by atoms with Crippen LogP contribution in [0.2, 0.25) is 0 Å². The van der Waals surface area contributed by atoms with E-state index in [1.54, 1.807) is 0 Å². The van der Waals surface area contributed by atoms with E-state index >= 15 is 0 Å². The topological polar surface area (TPSA) is 12.0 Å². The van der Waals surface area contributed by atoms with Crippen molar-refractivity contribution in [3.05, 3.63) is 0 Å². The summed E-state index contributed by atoms with van der Waals surface area (Å²) >= 11 is 0. The monoisotopic (exact) mass is 293 g/mol. The number of hydrogen-bond acceptors (Lipinski definition) is 1. The summed E-state index contributed by atoms with van der Waals surface area (Å²) in [5, 5.41) is 3.86. The molecule has 0 aliphatic heterocycles. The molecule has 124 valence electrons. The van der Waals surface area contributed by atoms with Gasteiger partial charge in [0.25, 0.3) is 0 Å². The van der Waals surface area contributed by atoms with Crippen molar-refractivity contribution >= 4 is 0 Å². The zero-order chi connectivity index (χ0) is 14.9. The van der Waals surface area contributed by atoms with Crippen molar-refractivity contribution in [2.45, 2.75) is 103 Å². The standard InChI is InChI=1S/C20H39N/c1-3-5-9-17-12-14-19(15-13-17)20(21-4-2)16-18-10-7-6-8-11-18/h17-21H,3-16H2,1-2H3. The summed E-state index contributed by atoms with van der Waals surface area (Å²) in [7, 11) is 0. The van der Waals surface area contributed by atoms with Crippen LogP contribution in [0, 0.1) is 17.8 Å². The van der Waals surface area contributed by atoms with E-state index in [0.717, 1.165) is 30.3 Å². The molecule has 0 aromatic rings. The van der Waals surface area contributed by atoms with Crippen LogP contribution in [0.25, 0.3) is 0 Å². The molecule has 0 bridgehead atoms. The molecule has 0 radical (unpaired) electrons. The average molecular weight is 294 g/mol. The van der Waals surface area contributed by atoms with Gasteiger partial charge in [-0.3, -0.25) is 0 Å². The second-order valence-electron chi connectivity index (χ2n) is 7.83. The van der Waals surface area contributed by atoms with E-state index < -0.39 is 0 Å². The number of nitrogens with one attached hydrogen (secondary N) is 1. The van der Waals surface area contributed by atoms with Gasteiger partial charge in [-0.2, -0.15) is 0 Å². The summed E-state index contributed by atoms with van der Waals surface area (Å²) in [6.07, 6.45) is 19.3. The van der Waals surface area contributed by atoms with Gasteiger partial charge in [-0.25, -0.2) is 0 Å². The molecular formula is C20H39N. The van der Waals surface area contributed by atoms with Crippen molar-refractivity contribution in [3.63, 3.8) is 0 Å². The molecule has 21 heavy (non-hydrogen) atoms. The van der Waals surface area contributed by atoms with E-state index in [4.69, 9.17) is 0 Å². The highest BCUT2D eigenvalue weighted by Gasteiger charge is 2.29. The van der Waals surface area contributed by atoms with E-state index in [2.05, 4.69) is 19.2 Å². The molecule has 0 heterocycles. The molecule has 0 aromatic carbocycles. The van der Waals surface area contributed by atoms with Gasteiger partial charge in [-0.1, -0.05) is 78.1 Å². The van der Waals surface area contributed by atoms with Gasteiger partial charge in [-0.15, -0.1) is 0 Å². The first kappa shape index (κ1) is 17.3. The maximum atomic E-state index is 3.86. The van der Waals surface area contributed by atoms with Crippen LogP contribution in [0.3, 0.4) is 0 Å². The van der Waals surface area contributed by atoms with Crippen molar-refractivity contribution in [2.24, 2.45) is 17.8 Å². The number of unbranched alkanes of at least 4 members (excludes halogenated alkanes) is 1. The minimum atomic E-state index is 0.824. The van der Waals surface area contributed by atoms with E-state index in [1.165, 1.54) is 83.5 Å². The largest absolute Gasteiger partial charge is 0.314 e. The van der Waals surface area contributed by atoms with E-state index in [0.29, 0.717) is 0 Å². The number of hydrogen-bond donors (Lipinski definition) is 1. The van der Waals surface area contributed by atoms with Crippen LogP contribution in [0.15, 0.2) is 0 Å². The SMILES string of the molecule is CCCCC1CCC(C(CC2CCCCC2)NCC)CC1. The molecule has 2 saturated carbocycles. The van der Waals surface area contributed by atoms with E-state index in [9.17, 15) is 0 Å². The molecule has 0 spiro atoms. The lowest BCUT2D eigenvalue weighted by atomic mass is 9.73. The van der Waals surface area contributed by atoms with E-state index in [-0.39, 0.29) is 0 Å². The Morgan fingerprint density at radius 3 is 2.19 bits per heavy atom. The minimum absolute atomic E-state index is 0.824. The molecular weight excluding hydrogens is 254 g/mol. The van der Waals surface area contributed by atoms with Crippen molar-refractivity contribution in [2.75, 3.05) is 6.54 Å². The van der Waals surface area contributed by atoms with Gasteiger partial charge < -0.3 is 5.32 Å². The van der Waals surface area contributed by atoms with Gasteiger partial charge in [0, 0.05) is 6.04 Å². The third-order valence-corrected chi connectivity index (χ3v) is 6.20. The molecule has 1 nitrogen and oxygen atoms in total. The second-order valence-corrected chi connectivity index (χ2v) is 7.83. The average Bonchev–Trinajstić information content (AvgIpc) is 2.54. The Hall–Kier alpha value is -0.0400. The van der Waals surface area contributed by atoms with Crippen LogP contribution in [-0.2, 0) is 0 Å². The summed E-state index contributed by atoms with van der Waals surface area (Å²) in [6.45, 7) is 5.78. The summed E-state index contributed by atoms with van der Waals surface area (Å²) in [5.74, 6) is 3.06. The number of rotatable bonds is 8. The molecule has 2 rings (SSSR count). The predicted molar refractivity (Wildman–Crippen MR) is 93.6 cm³/mol. The highest BCUT2D eigenvalue weighted by Crippen LogP contribution is 2.37. The summed E-state index contributed by atoms with van der Waals surface area (Å²) < 4.78 is 0. The zero-order valence-electron chi connectivity index (χ0n) is 14.7. The van der Waals surface area contributed by atoms with E-state index in [1.807, 2.05) is 0 Å². The normalized spacial score (nSPS) is 29.4. The van der Waals surface area contributed by atoms with Crippen LogP contribution in [0.4, 0.5) is 0 Å². The predicted octanol–water partition coefficient (Wildman–Crippen LogP) is 5.93. The molecule has 1 atom stereocenters. The summed E-state index contributed by atoms with van der Waals surface area (Å²) in [6, 6.07) is 0.824. The van der Waals surface area contributed by atoms with Gasteiger partial charge in [0.2, 0.25) is 0 Å². The third kappa shape index (κ3) is 5.93. The Kier molecular flexibility index (Phi) is 8.14. The van der Waals surface area contributed by atoms with Crippen LogP contribution in [0.5, 0.6) is 0 Å². The lowest BCUT2D eigenvalue weighted by Gasteiger charge is -2.37. The Morgan fingerprint density at radius 2 is 1.57 bits per heavy atom. The third-order valence-electron chi connectivity index (χ3n) is 6.20. The van der Waals surface area contributed by atoms with Gasteiger partial charge >= 0.3 is 0 Å². The maximum Gasteiger partial charge on any atom is 0.00978 e. The lowest BCUT2D eigenvalue weighted by Crippen LogP contribution is -2.39. The second kappa shape index (κ2) is 9.87. The zero-order valence-corrected chi connectivity index (χ0v) is 14.7. The van der Waals surface area contributed by atoms with Crippen LogP contribution in [0.1, 0.15) is 97.3 Å². The van der Waals surface area contributed by atoms with Crippen molar-refractivity contribution in [3.8, 4) is 0 Å². The highest BCUT2D eigenvalue weighted by atomic mass is 14.9. The van der Waals surface area contributed by atoms with Crippen LogP contribution in [-0.4, -0.2) is 12.6 Å². The molecule has 2 aliphatic rings. The molecule has 2 fully saturated rings. The molecule has 0 amide bonds. The minimum Gasteiger partial charge on any atom is -0.314 e. The molecule has 0 saturated heterocycles. The smallest absolute Gasteiger partial charge is 0.00978 e. The first-order valence-corrected chi connectivity index (χ1v) is 10.1. The quantitative estimate of drug-likeness (QED) is 0.584. The van der Waals surface area contributed by atoms with Gasteiger partial charge in [0.1, 0.15) is 0 Å². The molecule has 1 N–H and O–H groups in total. The molecule has 1 heteroatoms. The van der Waals surface area contributed by atoms with Crippen LogP contribution >= 0.6 is 0 Å².